The molecule has 0 aliphatic carbocycles. The first-order valence-corrected chi connectivity index (χ1v) is 8.74. The number of hydrogen-bond donors (Lipinski definition) is 1. The molecule has 0 unspecified atom stereocenters. The Kier molecular flexibility index (Phi) is 5.95. The van der Waals surface area contributed by atoms with Crippen LogP contribution in [0.5, 0.6) is 5.88 Å². The molecule has 0 spiro atoms. The molecule has 0 radical (unpaired) electrons. The number of nitrogens with zero attached hydrogens (tertiary/aromatic N) is 3. The van der Waals surface area contributed by atoms with E-state index in [0.29, 0.717) is 23.7 Å². The van der Waals surface area contributed by atoms with Gasteiger partial charge in [-0.15, -0.1) is 0 Å². The number of amides is 1. The van der Waals surface area contributed by atoms with Gasteiger partial charge in [-0.2, -0.15) is 0 Å². The molecule has 0 saturated carbocycles. The van der Waals surface area contributed by atoms with E-state index in [4.69, 9.17) is 4.74 Å². The van der Waals surface area contributed by atoms with Gasteiger partial charge in [0.05, 0.1) is 7.11 Å². The Hall–Kier alpha value is -2.47. The zero-order valence-electron chi connectivity index (χ0n) is 14.6. The summed E-state index contributed by atoms with van der Waals surface area (Å²) in [5.41, 5.74) is 2.06. The van der Waals surface area contributed by atoms with Crippen LogP contribution in [0, 0.1) is 0 Å². The van der Waals surface area contributed by atoms with Crippen LogP contribution in [0.1, 0.15) is 29.6 Å². The van der Waals surface area contributed by atoms with Crippen LogP contribution >= 0.6 is 0 Å². The highest BCUT2D eigenvalue weighted by atomic mass is 16.5. The molecule has 132 valence electrons. The Morgan fingerprint density at radius 2 is 2.04 bits per heavy atom. The van der Waals surface area contributed by atoms with Crippen molar-refractivity contribution in [2.45, 2.75) is 19.3 Å². The summed E-state index contributed by atoms with van der Waals surface area (Å²) >= 11 is 0. The average Bonchev–Trinajstić information content (AvgIpc) is 3.18. The molecule has 3 rings (SSSR count). The lowest BCUT2D eigenvalue weighted by Gasteiger charge is -2.14. The van der Waals surface area contributed by atoms with Crippen molar-refractivity contribution in [3.8, 4) is 17.1 Å². The standard InChI is InChI=1S/C19H24N4O2/c1-25-19-17(20-9-10-22-19)15-6-4-7-16(14-15)18(24)21-8-5-13-23-11-2-3-12-23/h4,6-7,9-10,14H,2-3,5,8,11-13H2,1H3,(H,21,24). The first kappa shape index (κ1) is 17.4. The minimum absolute atomic E-state index is 0.0638. The van der Waals surface area contributed by atoms with Gasteiger partial charge in [-0.05, 0) is 51.0 Å². The lowest BCUT2D eigenvalue weighted by atomic mass is 10.1. The summed E-state index contributed by atoms with van der Waals surface area (Å²) in [4.78, 5) is 23.3. The topological polar surface area (TPSA) is 67.3 Å². The highest BCUT2D eigenvalue weighted by molar-refractivity contribution is 5.95. The number of benzene rings is 1. The van der Waals surface area contributed by atoms with Gasteiger partial charge in [0.25, 0.3) is 5.91 Å². The van der Waals surface area contributed by atoms with Crippen molar-refractivity contribution in [2.24, 2.45) is 0 Å². The fourth-order valence-electron chi connectivity index (χ4n) is 3.09. The molecule has 1 saturated heterocycles. The maximum Gasteiger partial charge on any atom is 0.251 e. The molecule has 2 aromatic rings. The van der Waals surface area contributed by atoms with E-state index in [9.17, 15) is 4.79 Å². The van der Waals surface area contributed by atoms with E-state index in [-0.39, 0.29) is 5.91 Å². The van der Waals surface area contributed by atoms with E-state index >= 15 is 0 Å². The van der Waals surface area contributed by atoms with Gasteiger partial charge in [-0.1, -0.05) is 12.1 Å². The summed E-state index contributed by atoms with van der Waals surface area (Å²) in [7, 11) is 1.56. The van der Waals surface area contributed by atoms with Gasteiger partial charge >= 0.3 is 0 Å². The van der Waals surface area contributed by atoms with E-state index < -0.39 is 0 Å². The minimum atomic E-state index is -0.0638. The van der Waals surface area contributed by atoms with Gasteiger partial charge in [-0.25, -0.2) is 9.97 Å². The van der Waals surface area contributed by atoms with Gasteiger partial charge in [0.15, 0.2) is 0 Å². The lowest BCUT2D eigenvalue weighted by molar-refractivity contribution is 0.0952. The molecule has 1 aliphatic heterocycles. The first-order chi connectivity index (χ1) is 12.3. The van der Waals surface area contributed by atoms with Crippen molar-refractivity contribution in [3.05, 3.63) is 42.2 Å². The maximum atomic E-state index is 12.4. The summed E-state index contributed by atoms with van der Waals surface area (Å²) in [6, 6.07) is 7.38. The molecule has 1 aromatic carbocycles. The second kappa shape index (κ2) is 8.58. The molecule has 6 nitrogen and oxygen atoms in total. The monoisotopic (exact) mass is 340 g/mol. The third-order valence-electron chi connectivity index (χ3n) is 4.39. The van der Waals surface area contributed by atoms with E-state index in [1.807, 2.05) is 24.3 Å². The molecule has 0 atom stereocenters. The van der Waals surface area contributed by atoms with Gasteiger partial charge in [0.2, 0.25) is 5.88 Å². The molecule has 6 heteroatoms. The first-order valence-electron chi connectivity index (χ1n) is 8.74. The number of likely N-dealkylation sites (tertiary alicyclic amines) is 1. The van der Waals surface area contributed by atoms with Crippen molar-refractivity contribution >= 4 is 5.91 Å². The van der Waals surface area contributed by atoms with Crippen LogP contribution < -0.4 is 10.1 Å². The molecule has 2 heterocycles. The molecule has 1 aliphatic rings. The normalized spacial score (nSPS) is 14.4. The summed E-state index contributed by atoms with van der Waals surface area (Å²) in [6.45, 7) is 4.12. The van der Waals surface area contributed by atoms with Crippen molar-refractivity contribution < 1.29 is 9.53 Å². The van der Waals surface area contributed by atoms with Crippen LogP contribution in [0.25, 0.3) is 11.3 Å². The number of carbonyl (C=O) groups is 1. The predicted molar refractivity (Wildman–Crippen MR) is 96.6 cm³/mol. The third-order valence-corrected chi connectivity index (χ3v) is 4.39. The minimum Gasteiger partial charge on any atom is -0.479 e. The van der Waals surface area contributed by atoms with Crippen LogP contribution in [-0.2, 0) is 0 Å². The number of carbonyl (C=O) groups excluding carboxylic acids is 1. The number of aromatic nitrogens is 2. The fraction of sp³-hybridized carbons (Fsp3) is 0.421. The van der Waals surface area contributed by atoms with Crippen molar-refractivity contribution in [1.82, 2.24) is 20.2 Å². The molecular weight excluding hydrogens is 316 g/mol. The Bertz CT molecular complexity index is 714. The number of rotatable bonds is 7. The van der Waals surface area contributed by atoms with Crippen LogP contribution in [0.2, 0.25) is 0 Å². The highest BCUT2D eigenvalue weighted by Crippen LogP contribution is 2.25. The quantitative estimate of drug-likeness (QED) is 0.784. The van der Waals surface area contributed by atoms with Gasteiger partial charge in [-0.3, -0.25) is 4.79 Å². The van der Waals surface area contributed by atoms with E-state index in [0.717, 1.165) is 18.5 Å². The van der Waals surface area contributed by atoms with E-state index in [2.05, 4.69) is 20.2 Å². The lowest BCUT2D eigenvalue weighted by Crippen LogP contribution is -2.28. The van der Waals surface area contributed by atoms with Gasteiger partial charge in [0.1, 0.15) is 5.69 Å². The Labute approximate surface area is 148 Å². The number of methoxy groups -OCH3 is 1. The highest BCUT2D eigenvalue weighted by Gasteiger charge is 2.13. The van der Waals surface area contributed by atoms with Crippen LogP contribution in [-0.4, -0.2) is 54.1 Å². The zero-order chi connectivity index (χ0) is 17.5. The van der Waals surface area contributed by atoms with E-state index in [1.165, 1.54) is 25.9 Å². The largest absolute Gasteiger partial charge is 0.479 e. The van der Waals surface area contributed by atoms with Gasteiger partial charge in [0, 0.05) is 30.1 Å². The molecule has 1 fully saturated rings. The fourth-order valence-corrected chi connectivity index (χ4v) is 3.09. The second-order valence-corrected chi connectivity index (χ2v) is 6.15. The predicted octanol–water partition coefficient (Wildman–Crippen LogP) is 2.37. The smallest absolute Gasteiger partial charge is 0.251 e. The molecule has 25 heavy (non-hydrogen) atoms. The third kappa shape index (κ3) is 4.54. The van der Waals surface area contributed by atoms with Crippen molar-refractivity contribution in [1.29, 1.82) is 0 Å². The Morgan fingerprint density at radius 3 is 2.84 bits per heavy atom. The molecule has 1 aromatic heterocycles. The summed E-state index contributed by atoms with van der Waals surface area (Å²) in [5.74, 6) is 0.386. The zero-order valence-corrected chi connectivity index (χ0v) is 14.6. The number of hydrogen-bond acceptors (Lipinski definition) is 5. The van der Waals surface area contributed by atoms with E-state index in [1.54, 1.807) is 19.5 Å². The van der Waals surface area contributed by atoms with Crippen molar-refractivity contribution in [3.63, 3.8) is 0 Å². The maximum absolute atomic E-state index is 12.4. The van der Waals surface area contributed by atoms with Crippen LogP contribution in [0.3, 0.4) is 0 Å². The second-order valence-electron chi connectivity index (χ2n) is 6.15. The number of nitrogens with one attached hydrogen (secondary N) is 1. The van der Waals surface area contributed by atoms with Crippen LogP contribution in [0.15, 0.2) is 36.7 Å². The van der Waals surface area contributed by atoms with Gasteiger partial charge < -0.3 is 15.0 Å². The molecule has 1 amide bonds. The summed E-state index contributed by atoms with van der Waals surface area (Å²) in [5, 5.41) is 3.00. The summed E-state index contributed by atoms with van der Waals surface area (Å²) < 4.78 is 5.25. The summed E-state index contributed by atoms with van der Waals surface area (Å²) in [6.07, 6.45) is 6.77. The Morgan fingerprint density at radius 1 is 1.24 bits per heavy atom. The molecular formula is C19H24N4O2. The average molecular weight is 340 g/mol. The van der Waals surface area contributed by atoms with Crippen LogP contribution in [0.4, 0.5) is 0 Å². The molecule has 0 bridgehead atoms. The van der Waals surface area contributed by atoms with Crippen molar-refractivity contribution in [2.75, 3.05) is 33.3 Å². The number of ether oxygens (including phenoxy) is 1. The SMILES string of the molecule is COc1nccnc1-c1cccc(C(=O)NCCCN2CCCC2)c1. The molecule has 1 N–H and O–H groups in total. The Balaban J connectivity index is 1.59.